The Labute approximate surface area is 174 Å². The second-order valence-electron chi connectivity index (χ2n) is 7.22. The number of nitrogens with one attached hydrogen (secondary N) is 1. The van der Waals surface area contributed by atoms with Gasteiger partial charge in [0.05, 0.1) is 11.1 Å². The number of amides is 2. The van der Waals surface area contributed by atoms with Crippen LogP contribution in [0.1, 0.15) is 32.0 Å². The number of para-hydroxylation sites is 1. The van der Waals surface area contributed by atoms with Gasteiger partial charge in [-0.1, -0.05) is 18.2 Å². The van der Waals surface area contributed by atoms with Gasteiger partial charge in [-0.05, 0) is 49.7 Å². The number of benzene rings is 2. The zero-order valence-electron chi connectivity index (χ0n) is 16.6. The standard InChI is InChI=1S/C23H23N3O2S/c1-15-13-17(23(28)26-9-11-29-12-10-26)7-8-20(15)25-22(27)19-14-16(2)24-21-6-4-3-5-18(19)21/h3-8,13-14H,9-12H2,1-2H3,(H,25,27). The molecule has 0 radical (unpaired) electrons. The van der Waals surface area contributed by atoms with E-state index in [0.717, 1.165) is 46.8 Å². The Balaban J connectivity index is 1.57. The third-order valence-corrected chi connectivity index (χ3v) is 6.05. The van der Waals surface area contributed by atoms with Crippen LogP contribution in [0.25, 0.3) is 10.9 Å². The van der Waals surface area contributed by atoms with Crippen LogP contribution < -0.4 is 5.32 Å². The summed E-state index contributed by atoms with van der Waals surface area (Å²) >= 11 is 1.88. The smallest absolute Gasteiger partial charge is 0.256 e. The first-order valence-corrected chi connectivity index (χ1v) is 10.8. The summed E-state index contributed by atoms with van der Waals surface area (Å²) in [5, 5.41) is 3.82. The fraction of sp³-hybridized carbons (Fsp3) is 0.261. The van der Waals surface area contributed by atoms with Gasteiger partial charge in [-0.25, -0.2) is 0 Å². The molecule has 1 saturated heterocycles. The van der Waals surface area contributed by atoms with Crippen LogP contribution in [0.15, 0.2) is 48.5 Å². The van der Waals surface area contributed by atoms with Crippen molar-refractivity contribution in [3.63, 3.8) is 0 Å². The van der Waals surface area contributed by atoms with Crippen LogP contribution in [0.4, 0.5) is 5.69 Å². The van der Waals surface area contributed by atoms with E-state index in [0.29, 0.717) is 16.8 Å². The molecule has 2 heterocycles. The van der Waals surface area contributed by atoms with Gasteiger partial charge in [0, 0.05) is 46.9 Å². The highest BCUT2D eigenvalue weighted by molar-refractivity contribution is 7.99. The van der Waals surface area contributed by atoms with Gasteiger partial charge in [-0.15, -0.1) is 0 Å². The molecule has 1 N–H and O–H groups in total. The first-order chi connectivity index (χ1) is 14.0. The van der Waals surface area contributed by atoms with Gasteiger partial charge in [0.25, 0.3) is 11.8 Å². The highest BCUT2D eigenvalue weighted by atomic mass is 32.2. The number of rotatable bonds is 3. The summed E-state index contributed by atoms with van der Waals surface area (Å²) in [6.07, 6.45) is 0. The van der Waals surface area contributed by atoms with Crippen LogP contribution in [0.5, 0.6) is 0 Å². The van der Waals surface area contributed by atoms with Crippen molar-refractivity contribution in [2.45, 2.75) is 13.8 Å². The van der Waals surface area contributed by atoms with Crippen molar-refractivity contribution >= 4 is 40.2 Å². The molecular weight excluding hydrogens is 382 g/mol. The lowest BCUT2D eigenvalue weighted by Gasteiger charge is -2.26. The van der Waals surface area contributed by atoms with E-state index >= 15 is 0 Å². The fourth-order valence-corrected chi connectivity index (χ4v) is 4.47. The third kappa shape index (κ3) is 4.12. The second kappa shape index (κ2) is 8.25. The van der Waals surface area contributed by atoms with Gasteiger partial charge in [-0.3, -0.25) is 14.6 Å². The van der Waals surface area contributed by atoms with Crippen LogP contribution in [0.2, 0.25) is 0 Å². The average molecular weight is 406 g/mol. The normalized spacial score (nSPS) is 14.1. The molecule has 2 aromatic carbocycles. The molecule has 0 bridgehead atoms. The molecule has 0 aliphatic carbocycles. The number of fused-ring (bicyclic) bond motifs is 1. The molecule has 3 aromatic rings. The quantitative estimate of drug-likeness (QED) is 0.706. The van der Waals surface area contributed by atoms with Crippen molar-refractivity contribution in [2.75, 3.05) is 29.9 Å². The molecule has 0 saturated carbocycles. The van der Waals surface area contributed by atoms with Gasteiger partial charge >= 0.3 is 0 Å². The molecule has 4 rings (SSSR count). The molecule has 0 spiro atoms. The Morgan fingerprint density at radius 2 is 1.79 bits per heavy atom. The highest BCUT2D eigenvalue weighted by Gasteiger charge is 2.19. The molecule has 6 heteroatoms. The Hall–Kier alpha value is -2.86. The molecule has 0 unspecified atom stereocenters. The summed E-state index contributed by atoms with van der Waals surface area (Å²) in [6.45, 7) is 5.37. The Kier molecular flexibility index (Phi) is 5.53. The number of anilines is 1. The molecular formula is C23H23N3O2S. The van der Waals surface area contributed by atoms with Gasteiger partial charge in [0.1, 0.15) is 0 Å². The Morgan fingerprint density at radius 1 is 1.03 bits per heavy atom. The van der Waals surface area contributed by atoms with E-state index in [2.05, 4.69) is 10.3 Å². The number of pyridine rings is 1. The maximum absolute atomic E-state index is 13.0. The van der Waals surface area contributed by atoms with E-state index in [1.807, 2.05) is 66.9 Å². The lowest BCUT2D eigenvalue weighted by atomic mass is 10.1. The van der Waals surface area contributed by atoms with Crippen LogP contribution >= 0.6 is 11.8 Å². The molecule has 148 valence electrons. The number of nitrogens with zero attached hydrogens (tertiary/aromatic N) is 2. The lowest BCUT2D eigenvalue weighted by molar-refractivity contribution is 0.0772. The van der Waals surface area contributed by atoms with Crippen molar-refractivity contribution in [3.05, 3.63) is 70.9 Å². The van der Waals surface area contributed by atoms with E-state index in [-0.39, 0.29) is 11.8 Å². The highest BCUT2D eigenvalue weighted by Crippen LogP contribution is 2.23. The number of aromatic nitrogens is 1. The van der Waals surface area contributed by atoms with Gasteiger partial charge < -0.3 is 10.2 Å². The molecule has 5 nitrogen and oxygen atoms in total. The fourth-order valence-electron chi connectivity index (χ4n) is 3.57. The number of carbonyl (C=O) groups is 2. The molecule has 1 fully saturated rings. The number of aryl methyl sites for hydroxylation is 2. The van der Waals surface area contributed by atoms with E-state index in [1.54, 1.807) is 12.1 Å². The summed E-state index contributed by atoms with van der Waals surface area (Å²) in [5.74, 6) is 1.85. The van der Waals surface area contributed by atoms with Gasteiger partial charge in [0.15, 0.2) is 0 Å². The van der Waals surface area contributed by atoms with Crippen LogP contribution in [-0.2, 0) is 0 Å². The zero-order valence-corrected chi connectivity index (χ0v) is 17.4. The average Bonchev–Trinajstić information content (AvgIpc) is 2.74. The minimum atomic E-state index is -0.179. The monoisotopic (exact) mass is 405 g/mol. The van der Waals surface area contributed by atoms with Gasteiger partial charge in [-0.2, -0.15) is 11.8 Å². The summed E-state index contributed by atoms with van der Waals surface area (Å²) in [4.78, 5) is 32.1. The SMILES string of the molecule is Cc1cc(C(=O)Nc2ccc(C(=O)N3CCSCC3)cc2C)c2ccccc2n1. The van der Waals surface area contributed by atoms with Crippen LogP contribution in [-0.4, -0.2) is 46.3 Å². The van der Waals surface area contributed by atoms with Crippen molar-refractivity contribution in [2.24, 2.45) is 0 Å². The zero-order chi connectivity index (χ0) is 20.4. The summed E-state index contributed by atoms with van der Waals surface area (Å²) in [7, 11) is 0. The van der Waals surface area contributed by atoms with Crippen molar-refractivity contribution < 1.29 is 9.59 Å². The minimum Gasteiger partial charge on any atom is -0.337 e. The van der Waals surface area contributed by atoms with E-state index in [4.69, 9.17) is 0 Å². The maximum Gasteiger partial charge on any atom is 0.256 e. The second-order valence-corrected chi connectivity index (χ2v) is 8.44. The topological polar surface area (TPSA) is 62.3 Å². The molecule has 1 aliphatic heterocycles. The maximum atomic E-state index is 13.0. The van der Waals surface area contributed by atoms with Crippen molar-refractivity contribution in [1.29, 1.82) is 0 Å². The minimum absolute atomic E-state index is 0.0574. The van der Waals surface area contributed by atoms with E-state index < -0.39 is 0 Å². The summed E-state index contributed by atoms with van der Waals surface area (Å²) in [6, 6.07) is 14.9. The first kappa shape index (κ1) is 19.5. The number of thioether (sulfide) groups is 1. The summed E-state index contributed by atoms with van der Waals surface area (Å²) < 4.78 is 0. The van der Waals surface area contributed by atoms with Crippen molar-refractivity contribution in [1.82, 2.24) is 9.88 Å². The largest absolute Gasteiger partial charge is 0.337 e. The number of carbonyl (C=O) groups excluding carboxylic acids is 2. The Morgan fingerprint density at radius 3 is 2.55 bits per heavy atom. The molecule has 29 heavy (non-hydrogen) atoms. The molecule has 2 amide bonds. The van der Waals surface area contributed by atoms with Crippen LogP contribution in [0, 0.1) is 13.8 Å². The third-order valence-electron chi connectivity index (χ3n) is 5.11. The molecule has 0 atom stereocenters. The molecule has 1 aromatic heterocycles. The van der Waals surface area contributed by atoms with E-state index in [1.165, 1.54) is 0 Å². The van der Waals surface area contributed by atoms with Crippen molar-refractivity contribution in [3.8, 4) is 0 Å². The molecule has 1 aliphatic rings. The number of hydrogen-bond acceptors (Lipinski definition) is 4. The first-order valence-electron chi connectivity index (χ1n) is 9.68. The predicted octanol–water partition coefficient (Wildman–Crippen LogP) is 4.29. The van der Waals surface area contributed by atoms with Crippen LogP contribution in [0.3, 0.4) is 0 Å². The lowest BCUT2D eigenvalue weighted by Crippen LogP contribution is -2.37. The van der Waals surface area contributed by atoms with Gasteiger partial charge in [0.2, 0.25) is 0 Å². The Bertz CT molecular complexity index is 1090. The predicted molar refractivity (Wildman–Crippen MR) is 119 cm³/mol. The number of hydrogen-bond donors (Lipinski definition) is 1. The van der Waals surface area contributed by atoms with E-state index in [9.17, 15) is 9.59 Å². The summed E-state index contributed by atoms with van der Waals surface area (Å²) in [5.41, 5.74) is 4.43.